The SMILES string of the molecule is CCOc1ccccc1/C=C/C(=O)N1CCN(c2ncccn2)CC1. The second kappa shape index (κ2) is 8.28. The van der Waals surface area contributed by atoms with Crippen LogP contribution >= 0.6 is 0 Å². The molecule has 2 aromatic rings. The van der Waals surface area contributed by atoms with Gasteiger partial charge in [0, 0.05) is 50.2 Å². The van der Waals surface area contributed by atoms with E-state index in [-0.39, 0.29) is 5.91 Å². The minimum absolute atomic E-state index is 0.0138. The van der Waals surface area contributed by atoms with Crippen molar-refractivity contribution in [3.8, 4) is 5.75 Å². The minimum atomic E-state index is 0.0138. The largest absolute Gasteiger partial charge is 0.493 e. The molecule has 0 saturated carbocycles. The summed E-state index contributed by atoms with van der Waals surface area (Å²) in [7, 11) is 0. The fourth-order valence-corrected chi connectivity index (χ4v) is 2.75. The third kappa shape index (κ3) is 4.35. The molecule has 0 atom stereocenters. The van der Waals surface area contributed by atoms with E-state index in [9.17, 15) is 4.79 Å². The molecular formula is C19H22N4O2. The highest BCUT2D eigenvalue weighted by Gasteiger charge is 2.21. The Morgan fingerprint density at radius 3 is 2.56 bits per heavy atom. The third-order valence-electron chi connectivity index (χ3n) is 4.05. The summed E-state index contributed by atoms with van der Waals surface area (Å²) in [5.41, 5.74) is 0.911. The first-order valence-electron chi connectivity index (χ1n) is 8.48. The van der Waals surface area contributed by atoms with Gasteiger partial charge in [-0.25, -0.2) is 9.97 Å². The number of amides is 1. The summed E-state index contributed by atoms with van der Waals surface area (Å²) in [5, 5.41) is 0. The average Bonchev–Trinajstić information content (AvgIpc) is 2.68. The number of para-hydroxylation sites is 1. The Morgan fingerprint density at radius 1 is 1.12 bits per heavy atom. The smallest absolute Gasteiger partial charge is 0.246 e. The highest BCUT2D eigenvalue weighted by Crippen LogP contribution is 2.19. The van der Waals surface area contributed by atoms with Crippen LogP contribution in [0.4, 0.5) is 5.95 Å². The minimum Gasteiger partial charge on any atom is -0.493 e. The van der Waals surface area contributed by atoms with Crippen molar-refractivity contribution in [1.29, 1.82) is 0 Å². The number of hydrogen-bond acceptors (Lipinski definition) is 5. The summed E-state index contributed by atoms with van der Waals surface area (Å²) in [5.74, 6) is 1.52. The molecule has 1 aliphatic heterocycles. The first-order valence-corrected chi connectivity index (χ1v) is 8.48. The van der Waals surface area contributed by atoms with Gasteiger partial charge < -0.3 is 14.5 Å². The molecule has 0 aliphatic carbocycles. The molecule has 6 heteroatoms. The topological polar surface area (TPSA) is 58.6 Å². The molecule has 0 bridgehead atoms. The van der Waals surface area contributed by atoms with E-state index in [1.165, 1.54) is 0 Å². The maximum absolute atomic E-state index is 12.4. The van der Waals surface area contributed by atoms with Crippen molar-refractivity contribution in [3.63, 3.8) is 0 Å². The Bertz CT molecular complexity index is 725. The second-order valence-corrected chi connectivity index (χ2v) is 5.67. The van der Waals surface area contributed by atoms with Crippen LogP contribution in [0.1, 0.15) is 12.5 Å². The van der Waals surface area contributed by atoms with E-state index in [1.807, 2.05) is 42.2 Å². The van der Waals surface area contributed by atoms with Gasteiger partial charge in [-0.2, -0.15) is 0 Å². The zero-order valence-corrected chi connectivity index (χ0v) is 14.3. The Hall–Kier alpha value is -2.89. The van der Waals surface area contributed by atoms with Crippen LogP contribution in [0.25, 0.3) is 6.08 Å². The van der Waals surface area contributed by atoms with Gasteiger partial charge in [0.1, 0.15) is 5.75 Å². The molecule has 0 N–H and O–H groups in total. The fraction of sp³-hybridized carbons (Fsp3) is 0.316. The molecule has 1 amide bonds. The van der Waals surface area contributed by atoms with E-state index >= 15 is 0 Å². The molecule has 130 valence electrons. The van der Waals surface area contributed by atoms with E-state index in [2.05, 4.69) is 14.9 Å². The Kier molecular flexibility index (Phi) is 5.61. The fourth-order valence-electron chi connectivity index (χ4n) is 2.75. The van der Waals surface area contributed by atoms with Crippen molar-refractivity contribution in [3.05, 3.63) is 54.4 Å². The van der Waals surface area contributed by atoms with Crippen LogP contribution in [0.2, 0.25) is 0 Å². The van der Waals surface area contributed by atoms with E-state index < -0.39 is 0 Å². The molecule has 25 heavy (non-hydrogen) atoms. The predicted octanol–water partition coefficient (Wildman–Crippen LogP) is 2.24. The standard InChI is InChI=1S/C19H22N4O2/c1-2-25-17-7-4-3-6-16(17)8-9-18(24)22-12-14-23(15-13-22)19-20-10-5-11-21-19/h3-11H,2,12-15H2,1H3/b9-8+. The Morgan fingerprint density at radius 2 is 1.84 bits per heavy atom. The molecule has 1 aliphatic rings. The molecule has 2 heterocycles. The number of ether oxygens (including phenoxy) is 1. The molecule has 1 aromatic carbocycles. The van der Waals surface area contributed by atoms with Crippen molar-refractivity contribution in [2.45, 2.75) is 6.92 Å². The van der Waals surface area contributed by atoms with Gasteiger partial charge in [0.25, 0.3) is 0 Å². The lowest BCUT2D eigenvalue weighted by molar-refractivity contribution is -0.126. The third-order valence-corrected chi connectivity index (χ3v) is 4.05. The van der Waals surface area contributed by atoms with Crippen molar-refractivity contribution in [2.75, 3.05) is 37.7 Å². The van der Waals surface area contributed by atoms with Gasteiger partial charge in [0.15, 0.2) is 0 Å². The summed E-state index contributed by atoms with van der Waals surface area (Å²) in [4.78, 5) is 24.9. The number of benzene rings is 1. The number of anilines is 1. The summed E-state index contributed by atoms with van der Waals surface area (Å²) >= 11 is 0. The summed E-state index contributed by atoms with van der Waals surface area (Å²) < 4.78 is 5.58. The van der Waals surface area contributed by atoms with Crippen molar-refractivity contribution in [2.24, 2.45) is 0 Å². The molecule has 1 saturated heterocycles. The number of carbonyl (C=O) groups is 1. The van der Waals surface area contributed by atoms with Crippen molar-refractivity contribution >= 4 is 17.9 Å². The molecule has 0 unspecified atom stereocenters. The van der Waals surface area contributed by atoms with Gasteiger partial charge in [-0.3, -0.25) is 4.79 Å². The average molecular weight is 338 g/mol. The van der Waals surface area contributed by atoms with Gasteiger partial charge >= 0.3 is 0 Å². The zero-order chi connectivity index (χ0) is 17.5. The number of nitrogens with zero attached hydrogens (tertiary/aromatic N) is 4. The predicted molar refractivity (Wildman–Crippen MR) is 97.5 cm³/mol. The van der Waals surface area contributed by atoms with E-state index in [1.54, 1.807) is 24.5 Å². The van der Waals surface area contributed by atoms with Gasteiger partial charge in [-0.1, -0.05) is 18.2 Å². The van der Waals surface area contributed by atoms with Gasteiger partial charge in [0.05, 0.1) is 6.61 Å². The number of piperazine rings is 1. The Balaban J connectivity index is 1.58. The number of carbonyl (C=O) groups excluding carboxylic acids is 1. The van der Waals surface area contributed by atoms with Crippen LogP contribution in [0.15, 0.2) is 48.8 Å². The van der Waals surface area contributed by atoms with Crippen LogP contribution < -0.4 is 9.64 Å². The van der Waals surface area contributed by atoms with Gasteiger partial charge in [-0.15, -0.1) is 0 Å². The van der Waals surface area contributed by atoms with Gasteiger partial charge in [-0.05, 0) is 25.1 Å². The lowest BCUT2D eigenvalue weighted by Crippen LogP contribution is -2.48. The molecule has 0 spiro atoms. The highest BCUT2D eigenvalue weighted by atomic mass is 16.5. The molecule has 1 aromatic heterocycles. The Labute approximate surface area is 147 Å². The molecule has 3 rings (SSSR count). The zero-order valence-electron chi connectivity index (χ0n) is 14.3. The molecular weight excluding hydrogens is 316 g/mol. The summed E-state index contributed by atoms with van der Waals surface area (Å²) in [6.07, 6.45) is 6.91. The van der Waals surface area contributed by atoms with E-state index in [0.717, 1.165) is 30.4 Å². The van der Waals surface area contributed by atoms with Crippen LogP contribution in [0.5, 0.6) is 5.75 Å². The maximum atomic E-state index is 12.4. The van der Waals surface area contributed by atoms with Gasteiger partial charge in [0.2, 0.25) is 11.9 Å². The lowest BCUT2D eigenvalue weighted by Gasteiger charge is -2.34. The van der Waals surface area contributed by atoms with Crippen molar-refractivity contribution < 1.29 is 9.53 Å². The first kappa shape index (κ1) is 17.0. The molecule has 1 fully saturated rings. The van der Waals surface area contributed by atoms with Crippen LogP contribution in [0, 0.1) is 0 Å². The van der Waals surface area contributed by atoms with Crippen LogP contribution in [-0.2, 0) is 4.79 Å². The summed E-state index contributed by atoms with van der Waals surface area (Å²) in [6, 6.07) is 9.51. The maximum Gasteiger partial charge on any atom is 0.246 e. The van der Waals surface area contributed by atoms with Crippen LogP contribution in [0.3, 0.4) is 0 Å². The molecule has 0 radical (unpaired) electrons. The number of aromatic nitrogens is 2. The number of hydrogen-bond donors (Lipinski definition) is 0. The monoisotopic (exact) mass is 338 g/mol. The lowest BCUT2D eigenvalue weighted by atomic mass is 10.2. The second-order valence-electron chi connectivity index (χ2n) is 5.67. The quantitative estimate of drug-likeness (QED) is 0.783. The highest BCUT2D eigenvalue weighted by molar-refractivity contribution is 5.92. The van der Waals surface area contributed by atoms with Crippen molar-refractivity contribution in [1.82, 2.24) is 14.9 Å². The van der Waals surface area contributed by atoms with Crippen LogP contribution in [-0.4, -0.2) is 53.6 Å². The number of rotatable bonds is 5. The summed E-state index contributed by atoms with van der Waals surface area (Å²) in [6.45, 7) is 5.34. The first-order chi connectivity index (χ1) is 12.3. The molecule has 6 nitrogen and oxygen atoms in total. The van der Waals surface area contributed by atoms with E-state index in [4.69, 9.17) is 4.74 Å². The van der Waals surface area contributed by atoms with E-state index in [0.29, 0.717) is 19.7 Å². The normalized spacial score (nSPS) is 14.8.